The van der Waals surface area contributed by atoms with Gasteiger partial charge in [-0.15, -0.1) is 5.10 Å². The fourth-order valence-corrected chi connectivity index (χ4v) is 3.21. The number of nitrogens with zero attached hydrogens (tertiary/aromatic N) is 8. The van der Waals surface area contributed by atoms with E-state index < -0.39 is 6.04 Å². The van der Waals surface area contributed by atoms with Gasteiger partial charge in [-0.2, -0.15) is 10.5 Å². The fraction of sp³-hybridized carbons (Fsp3) is 0.0625. The number of guanidine groups is 1. The molecule has 0 bridgehead atoms. The van der Waals surface area contributed by atoms with Gasteiger partial charge in [0.1, 0.15) is 35.6 Å². The van der Waals surface area contributed by atoms with Crippen LogP contribution in [-0.2, 0) is 0 Å². The van der Waals surface area contributed by atoms with Gasteiger partial charge in [-0.1, -0.05) is 11.6 Å². The molecule has 3 aromatic rings. The van der Waals surface area contributed by atoms with Crippen LogP contribution in [0.5, 0.6) is 0 Å². The van der Waals surface area contributed by atoms with Crippen molar-refractivity contribution in [3.05, 3.63) is 46.2 Å². The number of anilines is 3. The lowest BCUT2D eigenvalue weighted by atomic mass is 9.94. The lowest BCUT2D eigenvalue weighted by Gasteiger charge is -2.27. The van der Waals surface area contributed by atoms with E-state index in [1.165, 1.54) is 11.0 Å². The quantitative estimate of drug-likeness (QED) is 0.347. The molecule has 29 heavy (non-hydrogen) atoms. The summed E-state index contributed by atoms with van der Waals surface area (Å²) >= 11 is 6.23. The van der Waals surface area contributed by atoms with E-state index in [9.17, 15) is 5.26 Å². The van der Waals surface area contributed by atoms with E-state index >= 15 is 0 Å². The second-order valence-electron chi connectivity index (χ2n) is 5.86. The Morgan fingerprint density at radius 3 is 2.79 bits per heavy atom. The Morgan fingerprint density at radius 2 is 2.10 bits per heavy atom. The molecule has 1 atom stereocenters. The topological polar surface area (TPSA) is 193 Å². The van der Waals surface area contributed by atoms with Crippen molar-refractivity contribution in [1.82, 2.24) is 30.5 Å². The SMILES string of the molecule is N#CNC1=NC(c2cc(Cl)ccc2-n2cnnn2)c2c(nc(N)c(C#N)c2N)N1. The molecular weight excluding hydrogens is 396 g/mol. The molecule has 1 aliphatic heterocycles. The summed E-state index contributed by atoms with van der Waals surface area (Å²) in [5.74, 6) is 0.350. The number of rotatable bonds is 2. The lowest BCUT2D eigenvalue weighted by molar-refractivity contribution is 0.762. The van der Waals surface area contributed by atoms with Gasteiger partial charge in [0.2, 0.25) is 5.96 Å². The number of aliphatic imine (C=N–C) groups is 1. The minimum Gasteiger partial charge on any atom is -0.397 e. The molecule has 1 aliphatic rings. The van der Waals surface area contributed by atoms with E-state index in [0.29, 0.717) is 21.8 Å². The van der Waals surface area contributed by atoms with Crippen molar-refractivity contribution < 1.29 is 0 Å². The number of hydrogen-bond donors (Lipinski definition) is 4. The zero-order valence-corrected chi connectivity index (χ0v) is 15.3. The van der Waals surface area contributed by atoms with E-state index in [4.69, 9.17) is 28.3 Å². The first kappa shape index (κ1) is 18.0. The van der Waals surface area contributed by atoms with Crippen LogP contribution in [0.1, 0.15) is 22.7 Å². The van der Waals surface area contributed by atoms with Crippen LogP contribution in [-0.4, -0.2) is 31.2 Å². The Balaban J connectivity index is 2.01. The number of nitrogens with one attached hydrogen (secondary N) is 2. The largest absolute Gasteiger partial charge is 0.397 e. The van der Waals surface area contributed by atoms with Crippen molar-refractivity contribution >= 4 is 34.9 Å². The van der Waals surface area contributed by atoms with Gasteiger partial charge >= 0.3 is 0 Å². The van der Waals surface area contributed by atoms with Gasteiger partial charge in [0, 0.05) is 16.1 Å². The zero-order valence-electron chi connectivity index (χ0n) is 14.5. The van der Waals surface area contributed by atoms with E-state index in [0.717, 1.165) is 0 Å². The number of nitrogen functional groups attached to an aromatic ring is 2. The second-order valence-corrected chi connectivity index (χ2v) is 6.30. The Bertz CT molecular complexity index is 1220. The van der Waals surface area contributed by atoms with E-state index in [2.05, 4.69) is 36.1 Å². The minimum atomic E-state index is -0.778. The maximum absolute atomic E-state index is 9.43. The van der Waals surface area contributed by atoms with Crippen LogP contribution in [0.3, 0.4) is 0 Å². The normalized spacial score (nSPS) is 14.7. The highest BCUT2D eigenvalue weighted by Gasteiger charge is 2.31. The first-order valence-electron chi connectivity index (χ1n) is 8.05. The number of tetrazole rings is 1. The summed E-state index contributed by atoms with van der Waals surface area (Å²) in [6.07, 6.45) is 3.21. The second kappa shape index (κ2) is 6.95. The summed E-state index contributed by atoms with van der Waals surface area (Å²) in [6.45, 7) is 0. The molecule has 0 saturated heterocycles. The average molecular weight is 407 g/mol. The van der Waals surface area contributed by atoms with Crippen LogP contribution in [0.2, 0.25) is 5.02 Å². The van der Waals surface area contributed by atoms with Crippen LogP contribution in [0.4, 0.5) is 17.3 Å². The molecule has 12 nitrogen and oxygen atoms in total. The number of benzene rings is 1. The lowest BCUT2D eigenvalue weighted by Crippen LogP contribution is -2.33. The Kier molecular flexibility index (Phi) is 4.31. The molecule has 2 aromatic heterocycles. The fourth-order valence-electron chi connectivity index (χ4n) is 3.03. The molecule has 0 radical (unpaired) electrons. The van der Waals surface area contributed by atoms with Gasteiger partial charge in [0.05, 0.1) is 11.4 Å². The highest BCUT2D eigenvalue weighted by molar-refractivity contribution is 6.30. The van der Waals surface area contributed by atoms with E-state index in [-0.39, 0.29) is 28.8 Å². The van der Waals surface area contributed by atoms with Gasteiger partial charge in [-0.3, -0.25) is 5.32 Å². The van der Waals surface area contributed by atoms with Gasteiger partial charge in [-0.05, 0) is 28.6 Å². The third kappa shape index (κ3) is 2.99. The summed E-state index contributed by atoms with van der Waals surface area (Å²) in [5, 5.41) is 35.4. The van der Waals surface area contributed by atoms with Crippen LogP contribution in [0, 0.1) is 22.8 Å². The highest BCUT2D eigenvalue weighted by atomic mass is 35.5. The molecule has 0 saturated carbocycles. The number of aromatic nitrogens is 5. The van der Waals surface area contributed by atoms with E-state index in [1.807, 2.05) is 6.07 Å². The molecule has 0 aliphatic carbocycles. The molecule has 1 aromatic carbocycles. The highest BCUT2D eigenvalue weighted by Crippen LogP contribution is 2.42. The number of fused-ring (bicyclic) bond motifs is 1. The van der Waals surface area contributed by atoms with Crippen LogP contribution in [0.25, 0.3) is 5.69 Å². The van der Waals surface area contributed by atoms with Gasteiger partial charge < -0.3 is 16.8 Å². The predicted molar refractivity (Wildman–Crippen MR) is 104 cm³/mol. The molecule has 4 rings (SSSR count). The van der Waals surface area contributed by atoms with Crippen LogP contribution in [0.15, 0.2) is 29.5 Å². The monoisotopic (exact) mass is 406 g/mol. The molecule has 0 spiro atoms. The Labute approximate surface area is 168 Å². The van der Waals surface area contributed by atoms with Gasteiger partial charge in [-0.25, -0.2) is 14.7 Å². The molecule has 0 fully saturated rings. The predicted octanol–water partition coefficient (Wildman–Crippen LogP) is 0.688. The maximum atomic E-state index is 9.43. The minimum absolute atomic E-state index is 0.0356. The smallest absolute Gasteiger partial charge is 0.211 e. The zero-order chi connectivity index (χ0) is 20.5. The number of nitrogens with two attached hydrogens (primary N) is 2. The number of pyridine rings is 1. The third-order valence-corrected chi connectivity index (χ3v) is 4.47. The van der Waals surface area contributed by atoms with Crippen LogP contribution >= 0.6 is 11.6 Å². The summed E-state index contributed by atoms with van der Waals surface area (Å²) in [6, 6.07) is 6.24. The van der Waals surface area contributed by atoms with Gasteiger partial charge in [0.15, 0.2) is 6.19 Å². The molecule has 13 heteroatoms. The maximum Gasteiger partial charge on any atom is 0.211 e. The molecule has 6 N–H and O–H groups in total. The molecule has 1 unspecified atom stereocenters. The van der Waals surface area contributed by atoms with Crippen molar-refractivity contribution in [3.63, 3.8) is 0 Å². The summed E-state index contributed by atoms with van der Waals surface area (Å²) in [4.78, 5) is 8.74. The Morgan fingerprint density at radius 1 is 1.28 bits per heavy atom. The van der Waals surface area contributed by atoms with Crippen molar-refractivity contribution in [1.29, 1.82) is 10.5 Å². The standard InChI is InChI=1S/C16H11ClN12/c17-7-1-2-10(29-6-23-27-28-29)8(3-7)13-11-12(20)9(4-18)14(21)25-15(11)26-16(24-13)22-5-19/h1-3,6,13H,(H6,20,21,22,24,25,26). The average Bonchev–Trinajstić information content (AvgIpc) is 3.22. The first-order chi connectivity index (χ1) is 14.0. The number of halogens is 1. The van der Waals surface area contributed by atoms with Crippen LogP contribution < -0.4 is 22.1 Å². The summed E-state index contributed by atoms with van der Waals surface area (Å²) in [5.41, 5.74) is 13.8. The van der Waals surface area contributed by atoms with Crippen molar-refractivity contribution in [2.45, 2.75) is 6.04 Å². The molecular formula is C16H11ClN12. The summed E-state index contributed by atoms with van der Waals surface area (Å²) in [7, 11) is 0. The molecule has 0 amide bonds. The molecule has 3 heterocycles. The van der Waals surface area contributed by atoms with Crippen molar-refractivity contribution in [2.24, 2.45) is 4.99 Å². The third-order valence-electron chi connectivity index (χ3n) is 4.24. The number of hydrogen-bond acceptors (Lipinski definition) is 11. The van der Waals surface area contributed by atoms with E-state index in [1.54, 1.807) is 24.4 Å². The first-order valence-corrected chi connectivity index (χ1v) is 8.43. The summed E-state index contributed by atoms with van der Waals surface area (Å²) < 4.78 is 1.44. The number of nitriles is 2. The van der Waals surface area contributed by atoms with Gasteiger partial charge in [0.25, 0.3) is 0 Å². The Hall–Kier alpha value is -4.42. The van der Waals surface area contributed by atoms with Crippen molar-refractivity contribution in [3.8, 4) is 17.9 Å². The van der Waals surface area contributed by atoms with Crippen molar-refractivity contribution in [2.75, 3.05) is 16.8 Å². The molecule has 142 valence electrons.